The molecule has 0 amide bonds. The molecular weight excluding hydrogens is 580 g/mol. The van der Waals surface area contributed by atoms with Gasteiger partial charge in [0, 0.05) is 22.8 Å². The number of hydrogen-bond donors (Lipinski definition) is 5. The first-order valence-electron chi connectivity index (χ1n) is 14.5. The number of aliphatic hydroxyl groups is 1. The highest BCUT2D eigenvalue weighted by molar-refractivity contribution is 5.90. The van der Waals surface area contributed by atoms with Crippen molar-refractivity contribution in [3.05, 3.63) is 87.1 Å². The highest BCUT2D eigenvalue weighted by atomic mass is 16.6. The summed E-state index contributed by atoms with van der Waals surface area (Å²) in [5.41, 5.74) is 2.30. The number of aromatic hydroxyl groups is 4. The van der Waals surface area contributed by atoms with Crippen LogP contribution in [0.5, 0.6) is 40.2 Å². The summed E-state index contributed by atoms with van der Waals surface area (Å²) in [6, 6.07) is 10.5. The van der Waals surface area contributed by atoms with Crippen molar-refractivity contribution in [2.24, 2.45) is 0 Å². The van der Waals surface area contributed by atoms with Gasteiger partial charge < -0.3 is 44.2 Å². The van der Waals surface area contributed by atoms with E-state index in [-0.39, 0.29) is 63.9 Å². The molecule has 0 saturated heterocycles. The highest BCUT2D eigenvalue weighted by Crippen LogP contribution is 2.45. The number of phenolic OH excluding ortho intramolecular Hbond substituents is 3. The third kappa shape index (κ3) is 6.28. The quantitative estimate of drug-likeness (QED) is 0.133. The van der Waals surface area contributed by atoms with Crippen molar-refractivity contribution in [1.82, 2.24) is 0 Å². The van der Waals surface area contributed by atoms with E-state index in [4.69, 9.17) is 18.6 Å². The fourth-order valence-corrected chi connectivity index (χ4v) is 5.28. The second-order valence-corrected chi connectivity index (χ2v) is 11.2. The van der Waals surface area contributed by atoms with Crippen LogP contribution >= 0.6 is 0 Å². The Balaban J connectivity index is 1.49. The van der Waals surface area contributed by atoms with Crippen LogP contribution < -0.4 is 19.6 Å². The van der Waals surface area contributed by atoms with Crippen LogP contribution in [0.25, 0.3) is 22.3 Å². The maximum Gasteiger partial charge on any atom is 0.238 e. The molecule has 5 N–H and O–H groups in total. The lowest BCUT2D eigenvalue weighted by Gasteiger charge is -2.33. The van der Waals surface area contributed by atoms with Crippen LogP contribution in [0.3, 0.4) is 0 Å². The van der Waals surface area contributed by atoms with Crippen molar-refractivity contribution in [2.45, 2.75) is 52.2 Å². The lowest BCUT2D eigenvalue weighted by molar-refractivity contribution is -0.0123. The van der Waals surface area contributed by atoms with E-state index >= 15 is 0 Å². The molecule has 0 bridgehead atoms. The molecule has 0 saturated carbocycles. The van der Waals surface area contributed by atoms with Gasteiger partial charge >= 0.3 is 0 Å². The third-order valence-electron chi connectivity index (χ3n) is 7.75. The topological polar surface area (TPSA) is 159 Å². The number of aliphatic hydroxyl groups excluding tert-OH is 1. The predicted octanol–water partition coefficient (Wildman–Crippen LogP) is 6.40. The zero-order valence-electron chi connectivity index (χ0n) is 25.5. The molecule has 4 aromatic rings. The van der Waals surface area contributed by atoms with E-state index < -0.39 is 29.1 Å². The van der Waals surface area contributed by atoms with Gasteiger partial charge in [-0.05, 0) is 70.4 Å². The molecule has 0 aliphatic carbocycles. The molecule has 1 aromatic heterocycles. The molecular formula is C35H36O10. The summed E-state index contributed by atoms with van der Waals surface area (Å²) in [6.07, 6.45) is 4.31. The lowest BCUT2D eigenvalue weighted by Crippen LogP contribution is -2.36. The van der Waals surface area contributed by atoms with Gasteiger partial charge in [0.05, 0.1) is 13.7 Å². The average Bonchev–Trinajstić information content (AvgIpc) is 3.01. The number of ether oxygens (including phenoxy) is 3. The molecule has 0 radical (unpaired) electrons. The Morgan fingerprint density at radius 2 is 1.69 bits per heavy atom. The lowest BCUT2D eigenvalue weighted by atomic mass is 10.0. The predicted molar refractivity (Wildman–Crippen MR) is 169 cm³/mol. The first-order valence-corrected chi connectivity index (χ1v) is 14.5. The number of rotatable bonds is 9. The number of fused-ring (bicyclic) bond motifs is 2. The fourth-order valence-electron chi connectivity index (χ4n) is 5.28. The summed E-state index contributed by atoms with van der Waals surface area (Å²) < 4.78 is 23.3. The Morgan fingerprint density at radius 1 is 0.911 bits per heavy atom. The average molecular weight is 617 g/mol. The van der Waals surface area contributed by atoms with E-state index in [2.05, 4.69) is 6.08 Å². The van der Waals surface area contributed by atoms with Crippen LogP contribution in [0.1, 0.15) is 50.8 Å². The summed E-state index contributed by atoms with van der Waals surface area (Å²) >= 11 is 0. The molecule has 0 fully saturated rings. The second-order valence-electron chi connectivity index (χ2n) is 11.2. The number of hydrogen-bond acceptors (Lipinski definition) is 10. The van der Waals surface area contributed by atoms with Crippen molar-refractivity contribution in [2.75, 3.05) is 13.7 Å². The van der Waals surface area contributed by atoms with Crippen molar-refractivity contribution in [3.8, 4) is 51.6 Å². The molecule has 2 atom stereocenters. The van der Waals surface area contributed by atoms with Crippen molar-refractivity contribution in [1.29, 1.82) is 0 Å². The van der Waals surface area contributed by atoms with Gasteiger partial charge in [-0.15, -0.1) is 0 Å². The molecule has 3 aromatic carbocycles. The van der Waals surface area contributed by atoms with Crippen LogP contribution in [-0.4, -0.2) is 45.4 Å². The first kappa shape index (κ1) is 31.3. The van der Waals surface area contributed by atoms with Crippen LogP contribution in [0, 0.1) is 0 Å². The molecule has 5 rings (SSSR count). The first-order chi connectivity index (χ1) is 21.5. The van der Waals surface area contributed by atoms with E-state index in [1.165, 1.54) is 30.9 Å². The van der Waals surface area contributed by atoms with Gasteiger partial charge in [-0.2, -0.15) is 0 Å². The van der Waals surface area contributed by atoms with E-state index in [9.17, 15) is 30.3 Å². The third-order valence-corrected chi connectivity index (χ3v) is 7.75. The minimum absolute atomic E-state index is 0.0612. The maximum absolute atomic E-state index is 13.4. The minimum atomic E-state index is -0.862. The Kier molecular flexibility index (Phi) is 8.96. The van der Waals surface area contributed by atoms with Gasteiger partial charge in [0.15, 0.2) is 41.0 Å². The van der Waals surface area contributed by atoms with Crippen LogP contribution in [0.4, 0.5) is 0 Å². The minimum Gasteiger partial charge on any atom is -0.507 e. The van der Waals surface area contributed by atoms with Gasteiger partial charge in [-0.25, -0.2) is 0 Å². The summed E-state index contributed by atoms with van der Waals surface area (Å²) in [4.78, 5) is 13.4. The second kappa shape index (κ2) is 12.9. The Morgan fingerprint density at radius 3 is 2.40 bits per heavy atom. The van der Waals surface area contributed by atoms with Crippen LogP contribution in [0.2, 0.25) is 0 Å². The number of benzene rings is 3. The molecule has 2 heterocycles. The Hall–Kier alpha value is -5.09. The number of methoxy groups -OCH3 is 1. The molecule has 10 nitrogen and oxygen atoms in total. The van der Waals surface area contributed by atoms with Crippen LogP contribution in [0.15, 0.2) is 75.0 Å². The van der Waals surface area contributed by atoms with Gasteiger partial charge in [0.2, 0.25) is 11.2 Å². The molecule has 1 aliphatic rings. The van der Waals surface area contributed by atoms with Crippen LogP contribution in [-0.2, 0) is 6.42 Å². The molecule has 236 valence electrons. The molecule has 45 heavy (non-hydrogen) atoms. The maximum atomic E-state index is 13.4. The van der Waals surface area contributed by atoms with Gasteiger partial charge in [-0.1, -0.05) is 29.4 Å². The van der Waals surface area contributed by atoms with Gasteiger partial charge in [-0.3, -0.25) is 4.79 Å². The SMILES string of the molecule is COc1cc([C@H]2Oc3cc(-c4oc5cc(O)c(C/C=C(\C)CCC=C(C)C)c(O)c5c(=O)c4O)ccc3O[C@@H]2CO)ccc1O. The summed E-state index contributed by atoms with van der Waals surface area (Å²) in [5.74, 6) is -0.934. The van der Waals surface area contributed by atoms with E-state index in [0.29, 0.717) is 11.3 Å². The molecule has 10 heteroatoms. The summed E-state index contributed by atoms with van der Waals surface area (Å²) in [7, 11) is 1.42. The smallest absolute Gasteiger partial charge is 0.238 e. The summed E-state index contributed by atoms with van der Waals surface area (Å²) in [6.45, 7) is 5.66. The molecule has 1 aliphatic heterocycles. The summed E-state index contributed by atoms with van der Waals surface area (Å²) in [5, 5.41) is 52.5. The van der Waals surface area contributed by atoms with Crippen molar-refractivity contribution in [3.63, 3.8) is 0 Å². The highest BCUT2D eigenvalue weighted by Gasteiger charge is 2.34. The zero-order valence-corrected chi connectivity index (χ0v) is 25.5. The molecule has 0 unspecified atom stereocenters. The largest absolute Gasteiger partial charge is 0.507 e. The van der Waals surface area contributed by atoms with Crippen molar-refractivity contribution >= 4 is 11.0 Å². The standard InChI is InChI=1S/C35H36O10/c1-18(2)6-5-7-19(3)8-11-22-24(38)16-28-30(31(22)39)32(40)33(41)35(45-28)21-10-13-25-27(15-21)44-34(29(17-36)43-25)20-9-12-23(37)26(14-20)42-4/h6,8-10,12-16,29,34,36-39,41H,5,7,11,17H2,1-4H3/b19-8+/t29-,34-/m1/s1. The van der Waals surface area contributed by atoms with Crippen molar-refractivity contribution < 1.29 is 44.2 Å². The molecule has 0 spiro atoms. The van der Waals surface area contributed by atoms with Gasteiger partial charge in [0.25, 0.3) is 0 Å². The Labute approximate surface area is 259 Å². The van der Waals surface area contributed by atoms with E-state index in [1.54, 1.807) is 24.3 Å². The van der Waals surface area contributed by atoms with E-state index in [1.807, 2.05) is 26.8 Å². The Bertz CT molecular complexity index is 1860. The number of phenols is 3. The van der Waals surface area contributed by atoms with Gasteiger partial charge in [0.1, 0.15) is 22.5 Å². The fraction of sp³-hybridized carbons (Fsp3) is 0.286. The monoisotopic (exact) mass is 616 g/mol. The number of allylic oxidation sites excluding steroid dienone is 4. The normalized spacial score (nSPS) is 16.1. The van der Waals surface area contributed by atoms with E-state index in [0.717, 1.165) is 18.4 Å². The zero-order chi connectivity index (χ0) is 32.4.